The summed E-state index contributed by atoms with van der Waals surface area (Å²) in [6.45, 7) is 11.6. The number of hydrogen-bond acceptors (Lipinski definition) is 8. The SMILES string of the molecule is CCC(C)C(C(=O)NC(Cc1ccccc1)C(O)CN(Cc1ccc(F)cc1)NC(=O)C(NC(=O)OC)C(C)(C)C)C1CNC(=O)N1Cc1cccc(C)n1. The fourth-order valence-electron chi connectivity index (χ4n) is 6.81. The van der Waals surface area contributed by atoms with E-state index in [4.69, 9.17) is 4.74 Å². The molecule has 0 aliphatic carbocycles. The molecule has 298 valence electrons. The first-order chi connectivity index (χ1) is 26.1. The van der Waals surface area contributed by atoms with Gasteiger partial charge in [-0.05, 0) is 60.1 Å². The van der Waals surface area contributed by atoms with Crippen LogP contribution in [0.25, 0.3) is 0 Å². The molecule has 2 heterocycles. The molecule has 1 saturated heterocycles. The van der Waals surface area contributed by atoms with Gasteiger partial charge in [-0.1, -0.05) is 89.6 Å². The smallest absolute Gasteiger partial charge is 0.407 e. The Hall–Kier alpha value is -5.08. The molecule has 1 fully saturated rings. The molecule has 1 aliphatic heterocycles. The fourth-order valence-corrected chi connectivity index (χ4v) is 6.81. The van der Waals surface area contributed by atoms with E-state index in [1.807, 2.05) is 69.3 Å². The number of benzene rings is 2. The number of halogens is 1. The fraction of sp³-hybridized carbons (Fsp3) is 0.488. The number of carbonyl (C=O) groups excluding carboxylic acids is 4. The van der Waals surface area contributed by atoms with Crippen molar-refractivity contribution in [1.82, 2.24) is 36.3 Å². The molecule has 5 amide bonds. The van der Waals surface area contributed by atoms with E-state index in [1.165, 1.54) is 24.3 Å². The number of carbonyl (C=O) groups is 4. The number of amides is 5. The molecule has 0 saturated carbocycles. The lowest BCUT2D eigenvalue weighted by Crippen LogP contribution is -2.59. The summed E-state index contributed by atoms with van der Waals surface area (Å²) in [4.78, 5) is 60.0. The molecule has 0 radical (unpaired) electrons. The predicted molar refractivity (Wildman–Crippen MR) is 206 cm³/mol. The van der Waals surface area contributed by atoms with Crippen molar-refractivity contribution in [1.29, 1.82) is 0 Å². The van der Waals surface area contributed by atoms with Crippen LogP contribution in [-0.2, 0) is 33.8 Å². The number of hydrazine groups is 1. The molecule has 1 aliphatic rings. The standard InChI is InChI=1S/C41H56FN7O6/c1-8-26(2)35(33-22-43-39(53)49(33)24-31-16-12-13-27(3)44-31)37(51)45-32(21-28-14-10-9-11-15-28)34(50)25-48(23-29-17-19-30(42)20-18-29)47-38(52)36(41(4,5)6)46-40(54)55-7/h9-20,26,32-36,50H,8,21-25H2,1-7H3,(H,43,53)(H,45,51)(H,46,54)(H,47,52). The number of pyridine rings is 1. The zero-order valence-electron chi connectivity index (χ0n) is 32.8. The van der Waals surface area contributed by atoms with Crippen molar-refractivity contribution in [2.45, 2.75) is 91.7 Å². The lowest BCUT2D eigenvalue weighted by atomic mass is 9.83. The van der Waals surface area contributed by atoms with Crippen LogP contribution in [0.4, 0.5) is 14.0 Å². The molecule has 4 rings (SSSR count). The van der Waals surface area contributed by atoms with Gasteiger partial charge < -0.3 is 30.7 Å². The van der Waals surface area contributed by atoms with E-state index in [1.54, 1.807) is 37.8 Å². The number of aromatic nitrogens is 1. The Balaban J connectivity index is 1.64. The van der Waals surface area contributed by atoms with E-state index >= 15 is 0 Å². The van der Waals surface area contributed by atoms with Gasteiger partial charge >= 0.3 is 12.1 Å². The van der Waals surface area contributed by atoms with Crippen LogP contribution in [0.15, 0.2) is 72.8 Å². The number of methoxy groups -OCH3 is 1. The molecule has 3 aromatic rings. The van der Waals surface area contributed by atoms with Gasteiger partial charge in [-0.3, -0.25) is 20.0 Å². The highest BCUT2D eigenvalue weighted by Gasteiger charge is 2.43. The number of nitrogens with one attached hydrogen (secondary N) is 4. The number of ether oxygens (including phenoxy) is 1. The molecule has 0 bridgehead atoms. The van der Waals surface area contributed by atoms with Crippen LogP contribution in [0.3, 0.4) is 0 Å². The number of hydrogen-bond donors (Lipinski definition) is 5. The highest BCUT2D eigenvalue weighted by molar-refractivity contribution is 5.86. The molecule has 55 heavy (non-hydrogen) atoms. The third-order valence-corrected chi connectivity index (χ3v) is 10.0. The Morgan fingerprint density at radius 2 is 1.71 bits per heavy atom. The molecule has 1 aromatic heterocycles. The Bertz CT molecular complexity index is 1740. The van der Waals surface area contributed by atoms with E-state index in [0.717, 1.165) is 11.3 Å². The summed E-state index contributed by atoms with van der Waals surface area (Å²) >= 11 is 0. The Morgan fingerprint density at radius 1 is 1.02 bits per heavy atom. The maximum absolute atomic E-state index is 14.5. The van der Waals surface area contributed by atoms with Crippen LogP contribution in [0, 0.1) is 30.0 Å². The Morgan fingerprint density at radius 3 is 2.33 bits per heavy atom. The first-order valence-corrected chi connectivity index (χ1v) is 18.7. The van der Waals surface area contributed by atoms with Crippen LogP contribution in [0.2, 0.25) is 0 Å². The maximum Gasteiger partial charge on any atom is 0.407 e. The minimum absolute atomic E-state index is 0.0669. The number of aliphatic hydroxyl groups excluding tert-OH is 1. The highest BCUT2D eigenvalue weighted by atomic mass is 19.1. The molecule has 6 atom stereocenters. The topological polar surface area (TPSA) is 165 Å². The quantitative estimate of drug-likeness (QED) is 0.126. The van der Waals surface area contributed by atoms with Crippen LogP contribution in [-0.4, -0.2) is 88.4 Å². The van der Waals surface area contributed by atoms with E-state index in [9.17, 15) is 28.7 Å². The summed E-state index contributed by atoms with van der Waals surface area (Å²) in [5.74, 6) is -2.07. The van der Waals surface area contributed by atoms with Gasteiger partial charge in [0.05, 0.1) is 43.5 Å². The predicted octanol–water partition coefficient (Wildman–Crippen LogP) is 4.48. The van der Waals surface area contributed by atoms with Crippen LogP contribution >= 0.6 is 0 Å². The van der Waals surface area contributed by atoms with Crippen molar-refractivity contribution >= 4 is 23.9 Å². The second kappa shape index (κ2) is 19.5. The molecule has 13 nitrogen and oxygen atoms in total. The van der Waals surface area contributed by atoms with Gasteiger partial charge in [-0.2, -0.15) is 0 Å². The molecule has 0 spiro atoms. The van der Waals surface area contributed by atoms with Gasteiger partial charge in [0, 0.05) is 25.3 Å². The van der Waals surface area contributed by atoms with Gasteiger partial charge in [0.2, 0.25) is 5.91 Å². The van der Waals surface area contributed by atoms with Gasteiger partial charge in [0.1, 0.15) is 11.9 Å². The first-order valence-electron chi connectivity index (χ1n) is 18.7. The second-order valence-electron chi connectivity index (χ2n) is 15.4. The monoisotopic (exact) mass is 761 g/mol. The number of aryl methyl sites for hydroxylation is 1. The summed E-state index contributed by atoms with van der Waals surface area (Å²) in [7, 11) is 1.21. The maximum atomic E-state index is 14.5. The summed E-state index contributed by atoms with van der Waals surface area (Å²) in [5, 5.41) is 22.2. The summed E-state index contributed by atoms with van der Waals surface area (Å²) in [6, 6.07) is 18.2. The van der Waals surface area contributed by atoms with Crippen molar-refractivity contribution in [2.75, 3.05) is 20.2 Å². The first kappa shape index (κ1) is 42.7. The third kappa shape index (κ3) is 12.2. The van der Waals surface area contributed by atoms with Crippen molar-refractivity contribution in [2.24, 2.45) is 17.3 Å². The summed E-state index contributed by atoms with van der Waals surface area (Å²) in [6.07, 6.45) is -1.10. The van der Waals surface area contributed by atoms with Crippen molar-refractivity contribution < 1.29 is 33.4 Å². The number of rotatable bonds is 17. The Kier molecular flexibility index (Phi) is 15.1. The lowest BCUT2D eigenvalue weighted by molar-refractivity contribution is -0.133. The number of urea groups is 1. The molecule has 2 aromatic carbocycles. The van der Waals surface area contributed by atoms with E-state index < -0.39 is 53.4 Å². The zero-order valence-corrected chi connectivity index (χ0v) is 32.8. The number of alkyl carbamates (subject to hydrolysis) is 1. The zero-order chi connectivity index (χ0) is 40.3. The van der Waals surface area contributed by atoms with Gasteiger partial charge in [-0.25, -0.2) is 19.0 Å². The molecule has 14 heteroatoms. The minimum atomic E-state index is -1.24. The van der Waals surface area contributed by atoms with E-state index in [0.29, 0.717) is 17.7 Å². The molecule has 6 unspecified atom stereocenters. The largest absolute Gasteiger partial charge is 0.453 e. The van der Waals surface area contributed by atoms with E-state index in [2.05, 4.69) is 26.4 Å². The van der Waals surface area contributed by atoms with Gasteiger partial charge in [-0.15, -0.1) is 0 Å². The summed E-state index contributed by atoms with van der Waals surface area (Å²) < 4.78 is 18.6. The number of aliphatic hydroxyl groups is 1. The number of nitrogens with zero attached hydrogens (tertiary/aromatic N) is 3. The average molecular weight is 762 g/mol. The van der Waals surface area contributed by atoms with Crippen LogP contribution < -0.4 is 21.4 Å². The highest BCUT2D eigenvalue weighted by Crippen LogP contribution is 2.28. The van der Waals surface area contributed by atoms with Crippen molar-refractivity contribution in [3.63, 3.8) is 0 Å². The summed E-state index contributed by atoms with van der Waals surface area (Å²) in [5.41, 5.74) is 5.16. The normalized spacial score (nSPS) is 17.1. The molecule has 5 N–H and O–H groups in total. The lowest BCUT2D eigenvalue weighted by Gasteiger charge is -2.36. The van der Waals surface area contributed by atoms with Crippen LogP contribution in [0.5, 0.6) is 0 Å². The average Bonchev–Trinajstić information content (AvgIpc) is 3.49. The van der Waals surface area contributed by atoms with Gasteiger partial charge in [0.15, 0.2) is 0 Å². The molecular formula is C41H56FN7O6. The minimum Gasteiger partial charge on any atom is -0.453 e. The van der Waals surface area contributed by atoms with Crippen LogP contribution in [0.1, 0.15) is 63.6 Å². The second-order valence-corrected chi connectivity index (χ2v) is 15.4. The van der Waals surface area contributed by atoms with E-state index in [-0.39, 0.29) is 50.5 Å². The van der Waals surface area contributed by atoms with Gasteiger partial charge in [0.25, 0.3) is 5.91 Å². The third-order valence-electron chi connectivity index (χ3n) is 10.0. The van der Waals surface area contributed by atoms with Crippen molar-refractivity contribution in [3.05, 3.63) is 101 Å². The van der Waals surface area contributed by atoms with Crippen molar-refractivity contribution in [3.8, 4) is 0 Å². The Labute approximate surface area is 323 Å². The molecular weight excluding hydrogens is 705 g/mol.